The van der Waals surface area contributed by atoms with Gasteiger partial charge in [0, 0.05) is 17.3 Å². The van der Waals surface area contributed by atoms with Gasteiger partial charge in [-0.3, -0.25) is 5.32 Å². The van der Waals surface area contributed by atoms with Crippen LogP contribution >= 0.6 is 0 Å². The number of aromatic amines is 1. The van der Waals surface area contributed by atoms with E-state index in [9.17, 15) is 18.0 Å². The minimum Gasteiger partial charge on any atom is -0.497 e. The highest BCUT2D eigenvalue weighted by Crippen LogP contribution is 2.36. The molecule has 0 bridgehead atoms. The number of aromatic nitrogens is 1. The van der Waals surface area contributed by atoms with Crippen LogP contribution in [-0.2, 0) is 12.6 Å². The highest BCUT2D eigenvalue weighted by molar-refractivity contribution is 5.87. The van der Waals surface area contributed by atoms with Crippen LogP contribution in [0.5, 0.6) is 5.75 Å². The molecular formula is C19H18F3N2O2+. The van der Waals surface area contributed by atoms with E-state index in [1.807, 2.05) is 0 Å². The Bertz CT molecular complexity index is 918. The third-order valence-electron chi connectivity index (χ3n) is 4.18. The first-order chi connectivity index (χ1) is 12.4. The number of nitrogens with one attached hydrogen (secondary N) is 1. The van der Waals surface area contributed by atoms with Crippen LogP contribution in [0.1, 0.15) is 21.6 Å². The van der Waals surface area contributed by atoms with Crippen LogP contribution < -0.4 is 10.1 Å². The predicted molar refractivity (Wildman–Crippen MR) is 91.1 cm³/mol. The molecule has 26 heavy (non-hydrogen) atoms. The van der Waals surface area contributed by atoms with Gasteiger partial charge in [-0.2, -0.15) is 13.2 Å². The van der Waals surface area contributed by atoms with Crippen LogP contribution in [0.3, 0.4) is 0 Å². The summed E-state index contributed by atoms with van der Waals surface area (Å²) in [5, 5.41) is 1.88. The van der Waals surface area contributed by atoms with Gasteiger partial charge >= 0.3 is 12.1 Å². The highest BCUT2D eigenvalue weighted by atomic mass is 19.4. The Morgan fingerprint density at radius 3 is 2.54 bits per heavy atom. The zero-order valence-corrected chi connectivity index (χ0v) is 14.1. The number of amides is 1. The Morgan fingerprint density at radius 1 is 1.15 bits per heavy atom. The van der Waals surface area contributed by atoms with Crippen molar-refractivity contribution in [3.63, 3.8) is 0 Å². The second-order valence-corrected chi connectivity index (χ2v) is 5.86. The number of quaternary nitrogens is 1. The molecule has 3 rings (SSSR count). The quantitative estimate of drug-likeness (QED) is 0.732. The van der Waals surface area contributed by atoms with Gasteiger partial charge in [-0.05, 0) is 35.9 Å². The minimum absolute atomic E-state index is 0.0978. The van der Waals surface area contributed by atoms with Gasteiger partial charge in [-0.25, -0.2) is 4.79 Å². The number of carbonyl (C=O) groups excluding carboxylic acids is 1. The molecule has 0 aliphatic rings. The van der Waals surface area contributed by atoms with Crippen molar-refractivity contribution in [2.75, 3.05) is 13.7 Å². The van der Waals surface area contributed by atoms with E-state index < -0.39 is 11.9 Å². The summed E-state index contributed by atoms with van der Waals surface area (Å²) in [5.74, 6) is 0.285. The second-order valence-electron chi connectivity index (χ2n) is 5.86. The Balaban J connectivity index is 1.84. The summed E-state index contributed by atoms with van der Waals surface area (Å²) in [6.07, 6.45) is -4.40. The van der Waals surface area contributed by atoms with E-state index in [2.05, 4.69) is 4.98 Å². The number of alkyl halides is 3. The zero-order chi connectivity index (χ0) is 18.7. The molecule has 7 heteroatoms. The summed E-state index contributed by atoms with van der Waals surface area (Å²) in [5.41, 5.74) is 0.275. The van der Waals surface area contributed by atoms with E-state index in [4.69, 9.17) is 4.74 Å². The van der Waals surface area contributed by atoms with Crippen molar-refractivity contribution in [3.8, 4) is 5.75 Å². The number of benzene rings is 2. The molecule has 3 aromatic rings. The van der Waals surface area contributed by atoms with Crippen molar-refractivity contribution < 1.29 is 28.0 Å². The maximum Gasteiger partial charge on any atom is 0.431 e. The fraction of sp³-hybridized carbons (Fsp3) is 0.211. The van der Waals surface area contributed by atoms with Gasteiger partial charge in [0.2, 0.25) is 0 Å². The highest BCUT2D eigenvalue weighted by Gasteiger charge is 2.36. The van der Waals surface area contributed by atoms with Gasteiger partial charge in [0.15, 0.2) is 0 Å². The molecule has 0 aliphatic heterocycles. The van der Waals surface area contributed by atoms with Crippen LogP contribution in [0.25, 0.3) is 10.9 Å². The van der Waals surface area contributed by atoms with Gasteiger partial charge in [0.05, 0.1) is 19.2 Å². The number of carbonyl (C=O) groups is 1. The number of rotatable bonds is 5. The number of methoxy groups -OCH3 is 1. The maximum atomic E-state index is 13.4. The van der Waals surface area contributed by atoms with Crippen molar-refractivity contribution in [2.45, 2.75) is 12.6 Å². The Hall–Kier alpha value is -2.80. The lowest BCUT2D eigenvalue weighted by molar-refractivity contribution is -0.554. The van der Waals surface area contributed by atoms with E-state index in [1.165, 1.54) is 12.4 Å². The number of primary amides is 1. The largest absolute Gasteiger partial charge is 0.497 e. The standard InChI is InChI=1S/C19H17F3N2O2/c1-26-13-7-8-16-15(11-13)14(17(24-16)19(20,21)22)9-10-23-18(25)12-5-3-2-4-6-12/h2-8,11,24H,9-10H2,1H3,(H,23,25)/p+1. The molecule has 136 valence electrons. The monoisotopic (exact) mass is 363 g/mol. The lowest BCUT2D eigenvalue weighted by Crippen LogP contribution is -2.88. The maximum absolute atomic E-state index is 13.4. The molecule has 3 N–H and O–H groups in total. The first kappa shape index (κ1) is 18.0. The molecule has 2 aromatic carbocycles. The molecule has 4 nitrogen and oxygen atoms in total. The minimum atomic E-state index is -4.50. The van der Waals surface area contributed by atoms with Gasteiger partial charge < -0.3 is 9.72 Å². The fourth-order valence-corrected chi connectivity index (χ4v) is 2.92. The summed E-state index contributed by atoms with van der Waals surface area (Å²) in [6.45, 7) is 0.209. The third kappa shape index (κ3) is 3.72. The van der Waals surface area contributed by atoms with Crippen molar-refractivity contribution in [2.24, 2.45) is 0 Å². The predicted octanol–water partition coefficient (Wildman–Crippen LogP) is 3.14. The Labute approximate surface area is 148 Å². The van der Waals surface area contributed by atoms with Crippen LogP contribution in [0.4, 0.5) is 13.2 Å². The number of hydrogen-bond acceptors (Lipinski definition) is 2. The number of H-pyrrole nitrogens is 1. The summed E-state index contributed by atoms with van der Waals surface area (Å²) >= 11 is 0. The molecule has 0 atom stereocenters. The average Bonchev–Trinajstić information content (AvgIpc) is 3.00. The van der Waals surface area contributed by atoms with E-state index in [1.54, 1.807) is 48.5 Å². The fourth-order valence-electron chi connectivity index (χ4n) is 2.92. The molecule has 0 saturated carbocycles. The lowest BCUT2D eigenvalue weighted by atomic mass is 10.1. The van der Waals surface area contributed by atoms with Crippen molar-refractivity contribution in [1.82, 2.24) is 4.98 Å². The first-order valence-electron chi connectivity index (χ1n) is 8.08. The van der Waals surface area contributed by atoms with Crippen molar-refractivity contribution >= 4 is 16.8 Å². The molecule has 1 aromatic heterocycles. The van der Waals surface area contributed by atoms with Gasteiger partial charge in [0.1, 0.15) is 11.4 Å². The first-order valence-corrected chi connectivity index (χ1v) is 8.08. The lowest BCUT2D eigenvalue weighted by Gasteiger charge is -2.08. The molecule has 1 amide bonds. The normalized spacial score (nSPS) is 11.7. The van der Waals surface area contributed by atoms with Gasteiger partial charge in [0.25, 0.3) is 0 Å². The molecule has 0 saturated heterocycles. The van der Waals surface area contributed by atoms with E-state index in [-0.39, 0.29) is 24.4 Å². The molecule has 0 unspecified atom stereocenters. The Morgan fingerprint density at radius 2 is 1.88 bits per heavy atom. The third-order valence-corrected chi connectivity index (χ3v) is 4.18. The molecule has 0 spiro atoms. The van der Waals surface area contributed by atoms with Crippen LogP contribution in [0.2, 0.25) is 0 Å². The van der Waals surface area contributed by atoms with Gasteiger partial charge in [-0.15, -0.1) is 0 Å². The molecule has 0 fully saturated rings. The van der Waals surface area contributed by atoms with Crippen LogP contribution in [0.15, 0.2) is 48.5 Å². The second kappa shape index (κ2) is 7.21. The number of halogens is 3. The summed E-state index contributed by atoms with van der Waals surface area (Å²) in [4.78, 5) is 14.6. The molecule has 1 heterocycles. The molecule has 0 radical (unpaired) electrons. The van der Waals surface area contributed by atoms with E-state index in [0.717, 1.165) is 0 Å². The number of nitrogens with two attached hydrogens (primary N) is 1. The SMILES string of the molecule is COc1ccc2[nH]c(C(F)(F)F)c(CC[NH2+]C(=O)c3ccccc3)c2c1. The summed E-state index contributed by atoms with van der Waals surface area (Å²) in [6, 6.07) is 13.4. The Kier molecular flexibility index (Phi) is 4.99. The summed E-state index contributed by atoms with van der Waals surface area (Å²) < 4.78 is 45.3. The topological polar surface area (TPSA) is 58.7 Å². The number of ether oxygens (including phenoxy) is 1. The van der Waals surface area contributed by atoms with E-state index >= 15 is 0 Å². The van der Waals surface area contributed by atoms with Crippen LogP contribution in [-0.4, -0.2) is 24.5 Å². The van der Waals surface area contributed by atoms with Crippen LogP contribution in [0, 0.1) is 0 Å². The molecule has 0 aliphatic carbocycles. The van der Waals surface area contributed by atoms with Crippen molar-refractivity contribution in [1.29, 1.82) is 0 Å². The number of fused-ring (bicyclic) bond motifs is 1. The molecular weight excluding hydrogens is 345 g/mol. The average molecular weight is 363 g/mol. The zero-order valence-electron chi connectivity index (χ0n) is 14.1. The van der Waals surface area contributed by atoms with Gasteiger partial charge in [-0.1, -0.05) is 18.2 Å². The van der Waals surface area contributed by atoms with E-state index in [0.29, 0.717) is 22.2 Å². The number of hydrogen-bond donors (Lipinski definition) is 2. The van der Waals surface area contributed by atoms with Crippen molar-refractivity contribution in [3.05, 3.63) is 65.4 Å². The summed E-state index contributed by atoms with van der Waals surface area (Å²) in [7, 11) is 1.46. The smallest absolute Gasteiger partial charge is 0.431 e.